The molecule has 1 amide bonds. The van der Waals surface area contributed by atoms with Crippen LogP contribution in [-0.4, -0.2) is 70.3 Å². The predicted molar refractivity (Wildman–Crippen MR) is 108 cm³/mol. The van der Waals surface area contributed by atoms with Gasteiger partial charge in [0.25, 0.3) is 0 Å². The van der Waals surface area contributed by atoms with Crippen molar-refractivity contribution in [3.05, 3.63) is 22.4 Å². The molecule has 2 aromatic rings. The fourth-order valence-electron chi connectivity index (χ4n) is 3.75. The first-order valence-electron chi connectivity index (χ1n) is 9.71. The molecule has 0 N–H and O–H groups in total. The van der Waals surface area contributed by atoms with Crippen LogP contribution in [0.15, 0.2) is 22.7 Å². The Balaban J connectivity index is 1.47. The molecular formula is C18H22F3N5O2S2. The van der Waals surface area contributed by atoms with Crippen LogP contribution in [0.25, 0.3) is 0 Å². The van der Waals surface area contributed by atoms with Crippen molar-refractivity contribution in [1.29, 1.82) is 0 Å². The number of thiophene rings is 1. The molecule has 0 saturated carbocycles. The van der Waals surface area contributed by atoms with Gasteiger partial charge in [-0.15, -0.1) is 21.5 Å². The Hall–Kier alpha value is -1.79. The Labute approximate surface area is 180 Å². The summed E-state index contributed by atoms with van der Waals surface area (Å²) in [4.78, 5) is 17.5. The summed E-state index contributed by atoms with van der Waals surface area (Å²) in [6.45, 7) is 1.24. The minimum atomic E-state index is -4.41. The van der Waals surface area contributed by atoms with Crippen LogP contribution in [0.5, 0.6) is 0 Å². The number of likely N-dealkylation sites (tertiary alicyclic amines) is 1. The monoisotopic (exact) mass is 461 g/mol. The third-order valence-corrected chi connectivity index (χ3v) is 7.02. The number of ether oxygens (including phenoxy) is 1. The van der Waals surface area contributed by atoms with Gasteiger partial charge >= 0.3 is 6.18 Å². The number of rotatable bonds is 6. The Morgan fingerprint density at radius 1 is 1.27 bits per heavy atom. The second-order valence-electron chi connectivity index (χ2n) is 7.13. The topological polar surface area (TPSA) is 63.5 Å². The molecule has 1 atom stereocenters. The number of amides is 1. The third-order valence-electron chi connectivity index (χ3n) is 5.10. The van der Waals surface area contributed by atoms with Gasteiger partial charge in [0, 0.05) is 24.5 Å². The summed E-state index contributed by atoms with van der Waals surface area (Å²) in [5.74, 6) is 0.106. The van der Waals surface area contributed by atoms with E-state index in [2.05, 4.69) is 10.2 Å². The van der Waals surface area contributed by atoms with Crippen LogP contribution in [0.2, 0.25) is 0 Å². The van der Waals surface area contributed by atoms with Gasteiger partial charge in [-0.1, -0.05) is 17.8 Å². The van der Waals surface area contributed by atoms with E-state index in [-0.39, 0.29) is 28.8 Å². The third kappa shape index (κ3) is 4.92. The molecule has 0 spiro atoms. The lowest BCUT2D eigenvalue weighted by molar-refractivity contribution is -0.141. The molecule has 0 aromatic carbocycles. The van der Waals surface area contributed by atoms with Crippen LogP contribution in [0.1, 0.15) is 23.8 Å². The zero-order valence-corrected chi connectivity index (χ0v) is 17.8. The number of morpholine rings is 1. The number of carbonyl (C=O) groups excluding carboxylic acids is 1. The average Bonchev–Trinajstić information content (AvgIpc) is 3.46. The van der Waals surface area contributed by atoms with E-state index >= 15 is 0 Å². The van der Waals surface area contributed by atoms with Crippen LogP contribution >= 0.6 is 23.1 Å². The molecule has 2 saturated heterocycles. The predicted octanol–water partition coefficient (Wildman–Crippen LogP) is 3.19. The summed E-state index contributed by atoms with van der Waals surface area (Å²) in [6.07, 6.45) is -2.59. The highest BCUT2D eigenvalue weighted by Crippen LogP contribution is 2.35. The highest BCUT2D eigenvalue weighted by molar-refractivity contribution is 7.99. The van der Waals surface area contributed by atoms with Crippen LogP contribution in [0, 0.1) is 0 Å². The van der Waals surface area contributed by atoms with Gasteiger partial charge in [-0.25, -0.2) is 0 Å². The zero-order chi connectivity index (χ0) is 21.1. The van der Waals surface area contributed by atoms with Crippen molar-refractivity contribution in [3.8, 4) is 0 Å². The van der Waals surface area contributed by atoms with E-state index in [1.54, 1.807) is 16.2 Å². The molecule has 2 aliphatic heterocycles. The van der Waals surface area contributed by atoms with E-state index in [4.69, 9.17) is 4.74 Å². The summed E-state index contributed by atoms with van der Waals surface area (Å²) < 4.78 is 45.9. The van der Waals surface area contributed by atoms with Crippen molar-refractivity contribution in [2.45, 2.75) is 36.8 Å². The first-order chi connectivity index (χ1) is 14.4. The zero-order valence-electron chi connectivity index (χ0n) is 16.2. The van der Waals surface area contributed by atoms with Crippen molar-refractivity contribution in [1.82, 2.24) is 19.7 Å². The Morgan fingerprint density at radius 2 is 2.07 bits per heavy atom. The molecule has 0 bridgehead atoms. The lowest BCUT2D eigenvalue weighted by Gasteiger charge is -2.28. The summed E-state index contributed by atoms with van der Waals surface area (Å²) in [6, 6.07) is 4.03. The van der Waals surface area contributed by atoms with E-state index in [1.165, 1.54) is 0 Å². The van der Waals surface area contributed by atoms with Crippen molar-refractivity contribution < 1.29 is 22.7 Å². The van der Waals surface area contributed by atoms with Crippen LogP contribution < -0.4 is 4.90 Å². The van der Waals surface area contributed by atoms with E-state index in [0.717, 1.165) is 34.0 Å². The molecule has 2 fully saturated rings. The average molecular weight is 462 g/mol. The summed E-state index contributed by atoms with van der Waals surface area (Å²) >= 11 is 2.63. The highest BCUT2D eigenvalue weighted by atomic mass is 32.2. The number of anilines is 1. The van der Waals surface area contributed by atoms with E-state index in [0.29, 0.717) is 32.8 Å². The van der Waals surface area contributed by atoms with Gasteiger partial charge in [0.15, 0.2) is 5.16 Å². The van der Waals surface area contributed by atoms with Crippen LogP contribution in [0.3, 0.4) is 0 Å². The normalized spacial score (nSPS) is 20.2. The van der Waals surface area contributed by atoms with E-state index < -0.39 is 12.7 Å². The molecule has 2 aliphatic rings. The quantitative estimate of drug-likeness (QED) is 0.616. The van der Waals surface area contributed by atoms with Gasteiger partial charge in [0.05, 0.1) is 25.0 Å². The highest BCUT2D eigenvalue weighted by Gasteiger charge is 2.34. The summed E-state index contributed by atoms with van der Waals surface area (Å²) in [5, 5.41) is 10.1. The minimum absolute atomic E-state index is 0.0287. The standard InChI is InChI=1S/C18H22F3N5O2S2/c19-18(20,21)12-26-16(24-6-8-28-9-7-24)22-23-17(26)30-11-15(27)25-5-1-3-13(25)14-4-2-10-29-14/h2,4,10,13H,1,3,5-9,11-12H2. The number of thioether (sulfide) groups is 1. The Kier molecular flexibility index (Phi) is 6.54. The smallest absolute Gasteiger partial charge is 0.378 e. The SMILES string of the molecule is O=C(CSc1nnc(N2CCOCC2)n1CC(F)(F)F)N1CCCC1c1cccs1. The molecule has 12 heteroatoms. The fourth-order valence-corrected chi connectivity index (χ4v) is 5.45. The molecule has 4 rings (SSSR count). The molecule has 0 aliphatic carbocycles. The van der Waals surface area contributed by atoms with Gasteiger partial charge in [-0.05, 0) is 24.3 Å². The maximum atomic E-state index is 13.2. The Morgan fingerprint density at radius 3 is 2.77 bits per heavy atom. The van der Waals surface area contributed by atoms with Gasteiger partial charge in [0.1, 0.15) is 6.54 Å². The number of aromatic nitrogens is 3. The molecular weight excluding hydrogens is 439 g/mol. The molecule has 7 nitrogen and oxygen atoms in total. The van der Waals surface area contributed by atoms with Gasteiger partial charge in [-0.2, -0.15) is 13.2 Å². The first kappa shape index (κ1) is 21.4. The number of nitrogens with zero attached hydrogens (tertiary/aromatic N) is 5. The maximum Gasteiger partial charge on any atom is 0.406 e. The summed E-state index contributed by atoms with van der Waals surface area (Å²) in [5.41, 5.74) is 0. The van der Waals surface area contributed by atoms with Gasteiger partial charge in [0.2, 0.25) is 11.9 Å². The number of hydrogen-bond acceptors (Lipinski definition) is 7. The van der Waals surface area contributed by atoms with Crippen molar-refractivity contribution >= 4 is 35.0 Å². The van der Waals surface area contributed by atoms with Crippen LogP contribution in [0.4, 0.5) is 19.1 Å². The molecule has 4 heterocycles. The van der Waals surface area contributed by atoms with Crippen molar-refractivity contribution in [3.63, 3.8) is 0 Å². The van der Waals surface area contributed by atoms with E-state index in [9.17, 15) is 18.0 Å². The first-order valence-corrected chi connectivity index (χ1v) is 11.6. The second-order valence-corrected chi connectivity index (χ2v) is 9.05. The Bertz CT molecular complexity index is 853. The molecule has 164 valence electrons. The lowest BCUT2D eigenvalue weighted by atomic mass is 10.2. The van der Waals surface area contributed by atoms with Gasteiger partial charge in [-0.3, -0.25) is 9.36 Å². The maximum absolute atomic E-state index is 13.2. The van der Waals surface area contributed by atoms with E-state index in [1.807, 2.05) is 22.4 Å². The number of hydrogen-bond donors (Lipinski definition) is 0. The minimum Gasteiger partial charge on any atom is -0.378 e. The fraction of sp³-hybridized carbons (Fsp3) is 0.611. The number of alkyl halides is 3. The number of carbonyl (C=O) groups is 1. The second kappa shape index (κ2) is 9.15. The number of halogens is 3. The lowest BCUT2D eigenvalue weighted by Crippen LogP contribution is -2.38. The molecule has 0 radical (unpaired) electrons. The van der Waals surface area contributed by atoms with Crippen LogP contribution in [-0.2, 0) is 16.1 Å². The largest absolute Gasteiger partial charge is 0.406 e. The summed E-state index contributed by atoms with van der Waals surface area (Å²) in [7, 11) is 0. The van der Waals surface area contributed by atoms with Crippen molar-refractivity contribution in [2.24, 2.45) is 0 Å². The molecule has 30 heavy (non-hydrogen) atoms. The molecule has 2 aromatic heterocycles. The van der Waals surface area contributed by atoms with Crippen molar-refractivity contribution in [2.75, 3.05) is 43.5 Å². The van der Waals surface area contributed by atoms with Gasteiger partial charge < -0.3 is 14.5 Å². The molecule has 1 unspecified atom stereocenters.